The lowest BCUT2D eigenvalue weighted by molar-refractivity contribution is -0.136. The van der Waals surface area contributed by atoms with E-state index in [0.29, 0.717) is 12.0 Å². The summed E-state index contributed by atoms with van der Waals surface area (Å²) in [7, 11) is 0. The van der Waals surface area contributed by atoms with E-state index in [2.05, 4.69) is 17.5 Å². The number of carbonyl (C=O) groups excluding carboxylic acids is 1. The van der Waals surface area contributed by atoms with Crippen LogP contribution in [-0.4, -0.2) is 33.5 Å². The van der Waals surface area contributed by atoms with Gasteiger partial charge < -0.3 is 15.3 Å². The third-order valence-corrected chi connectivity index (χ3v) is 6.79. The molecule has 0 spiro atoms. The highest BCUT2D eigenvalue weighted by molar-refractivity contribution is 5.88. The zero-order valence-electron chi connectivity index (χ0n) is 14.2. The summed E-state index contributed by atoms with van der Waals surface area (Å²) in [4.78, 5) is 12.8. The van der Waals surface area contributed by atoms with Crippen molar-refractivity contribution in [3.63, 3.8) is 0 Å². The second-order valence-corrected chi connectivity index (χ2v) is 7.79. The molecule has 0 heterocycles. The number of phenolic OH excluding ortho intramolecular Hbond substituents is 2. The number of nitrogens with one attached hydrogen (secondary N) is 1. The fraction of sp³-hybridized carbons (Fsp3) is 0.556. The van der Waals surface area contributed by atoms with Crippen LogP contribution in [-0.2, 0) is 4.79 Å². The van der Waals surface area contributed by atoms with E-state index in [1.165, 1.54) is 24.4 Å². The second-order valence-electron chi connectivity index (χ2n) is 7.79. The van der Waals surface area contributed by atoms with Crippen molar-refractivity contribution in [2.24, 2.45) is 21.3 Å². The Morgan fingerprint density at radius 3 is 2.54 bits per heavy atom. The number of hydrogen-bond acceptors (Lipinski definition) is 5. The van der Waals surface area contributed by atoms with E-state index in [1.807, 2.05) is 13.8 Å². The third kappa shape index (κ3) is 2.05. The molecule has 6 heteroatoms. The molecule has 4 N–H and O–H groups in total. The van der Waals surface area contributed by atoms with Crippen LogP contribution in [0.2, 0.25) is 0 Å². The first-order chi connectivity index (χ1) is 11.1. The van der Waals surface area contributed by atoms with E-state index in [4.69, 9.17) is 0 Å². The molecule has 3 atom stereocenters. The van der Waals surface area contributed by atoms with Gasteiger partial charge in [0.2, 0.25) is 5.91 Å². The van der Waals surface area contributed by atoms with E-state index < -0.39 is 11.5 Å². The minimum Gasteiger partial charge on any atom is -0.508 e. The summed E-state index contributed by atoms with van der Waals surface area (Å²) in [5, 5.41) is 33.4. The first-order valence-electron chi connectivity index (χ1n) is 8.18. The Morgan fingerprint density at radius 2 is 2.00 bits per heavy atom. The van der Waals surface area contributed by atoms with Crippen molar-refractivity contribution in [2.45, 2.75) is 46.1 Å². The number of aliphatic hydroxyl groups excluding tert-OH is 1. The van der Waals surface area contributed by atoms with Crippen LogP contribution >= 0.6 is 0 Å². The highest BCUT2D eigenvalue weighted by atomic mass is 16.3. The normalized spacial score (nSPS) is 33.9. The lowest BCUT2D eigenvalue weighted by Crippen LogP contribution is -2.45. The molecule has 2 aliphatic carbocycles. The lowest BCUT2D eigenvalue weighted by atomic mass is 9.64. The molecule has 0 saturated heterocycles. The van der Waals surface area contributed by atoms with Crippen molar-refractivity contribution in [3.8, 4) is 11.5 Å². The number of fused-ring (bicyclic) bond motifs is 2. The Kier molecular flexibility index (Phi) is 3.64. The number of aliphatic hydroxyl groups is 1. The largest absolute Gasteiger partial charge is 0.508 e. The average molecular weight is 332 g/mol. The molecule has 3 rings (SSSR count). The van der Waals surface area contributed by atoms with Gasteiger partial charge in [-0.1, -0.05) is 20.8 Å². The Labute approximate surface area is 141 Å². The SMILES string of the molecule is CC12CCC(C(=O)NN=Cc3ccc(O)cc3O)(CC1O)C2(C)C. The average Bonchev–Trinajstić information content (AvgIpc) is 2.79. The van der Waals surface area contributed by atoms with E-state index in [0.717, 1.165) is 12.8 Å². The predicted molar refractivity (Wildman–Crippen MR) is 89.7 cm³/mol. The molecule has 2 fully saturated rings. The second kappa shape index (κ2) is 5.21. The van der Waals surface area contributed by atoms with Crippen LogP contribution in [0.15, 0.2) is 23.3 Å². The number of benzene rings is 1. The highest BCUT2D eigenvalue weighted by Gasteiger charge is 2.72. The van der Waals surface area contributed by atoms with E-state index in [1.54, 1.807) is 0 Å². The maximum absolute atomic E-state index is 12.8. The van der Waals surface area contributed by atoms with Gasteiger partial charge in [-0.05, 0) is 42.2 Å². The summed E-state index contributed by atoms with van der Waals surface area (Å²) in [5.74, 6) is -0.349. The number of carbonyl (C=O) groups is 1. The summed E-state index contributed by atoms with van der Waals surface area (Å²) in [5.41, 5.74) is 1.76. The molecule has 2 bridgehead atoms. The first kappa shape index (κ1) is 16.8. The summed E-state index contributed by atoms with van der Waals surface area (Å²) in [6.45, 7) is 6.15. The van der Waals surface area contributed by atoms with E-state index in [9.17, 15) is 20.1 Å². The van der Waals surface area contributed by atoms with E-state index in [-0.39, 0.29) is 28.2 Å². The fourth-order valence-electron chi connectivity index (χ4n) is 4.54. The van der Waals surface area contributed by atoms with Gasteiger partial charge >= 0.3 is 0 Å². The van der Waals surface area contributed by atoms with Crippen molar-refractivity contribution < 1.29 is 20.1 Å². The quantitative estimate of drug-likeness (QED) is 0.503. The number of phenols is 2. The van der Waals surface area contributed by atoms with Gasteiger partial charge in [-0.15, -0.1) is 0 Å². The van der Waals surface area contributed by atoms with Crippen molar-refractivity contribution in [1.82, 2.24) is 5.43 Å². The minimum absolute atomic E-state index is 0.0421. The van der Waals surface area contributed by atoms with Gasteiger partial charge in [0.1, 0.15) is 11.5 Å². The van der Waals surface area contributed by atoms with Crippen LogP contribution < -0.4 is 5.43 Å². The van der Waals surface area contributed by atoms with Crippen molar-refractivity contribution in [1.29, 1.82) is 0 Å². The van der Waals surface area contributed by atoms with Gasteiger partial charge in [0.15, 0.2) is 0 Å². The third-order valence-electron chi connectivity index (χ3n) is 6.79. The molecule has 0 aliphatic heterocycles. The smallest absolute Gasteiger partial charge is 0.246 e. The van der Waals surface area contributed by atoms with Crippen molar-refractivity contribution in [3.05, 3.63) is 23.8 Å². The molecule has 2 saturated carbocycles. The highest BCUT2D eigenvalue weighted by Crippen LogP contribution is 2.72. The predicted octanol–water partition coefficient (Wildman–Crippen LogP) is 2.13. The number of hydrazone groups is 1. The molecular weight excluding hydrogens is 308 g/mol. The number of rotatable bonds is 3. The fourth-order valence-corrected chi connectivity index (χ4v) is 4.54. The Bertz CT molecular complexity index is 715. The standard InChI is InChI=1S/C18H24N2O4/c1-16(2)17(3)6-7-18(16,9-14(17)23)15(24)20-19-10-11-4-5-12(21)8-13(11)22/h4-5,8,10,14,21-23H,6-7,9H2,1-3H3,(H,20,24). The molecule has 1 amide bonds. The topological polar surface area (TPSA) is 102 Å². The summed E-state index contributed by atoms with van der Waals surface area (Å²) in [6.07, 6.45) is 2.85. The van der Waals surface area contributed by atoms with Gasteiger partial charge in [0.05, 0.1) is 17.7 Å². The summed E-state index contributed by atoms with van der Waals surface area (Å²) < 4.78 is 0. The van der Waals surface area contributed by atoms with Gasteiger partial charge in [-0.25, -0.2) is 5.43 Å². The molecule has 6 nitrogen and oxygen atoms in total. The minimum atomic E-state index is -0.629. The van der Waals surface area contributed by atoms with Crippen LogP contribution in [0.1, 0.15) is 45.6 Å². The van der Waals surface area contributed by atoms with Crippen LogP contribution in [0.4, 0.5) is 0 Å². The molecule has 3 unspecified atom stereocenters. The number of amides is 1. The van der Waals surface area contributed by atoms with Gasteiger partial charge in [-0.3, -0.25) is 4.79 Å². The van der Waals surface area contributed by atoms with Crippen LogP contribution in [0, 0.1) is 16.2 Å². The molecule has 0 aromatic heterocycles. The molecule has 0 radical (unpaired) electrons. The number of hydrogen-bond donors (Lipinski definition) is 4. The molecule has 130 valence electrons. The summed E-state index contributed by atoms with van der Waals surface area (Å²) >= 11 is 0. The molecular formula is C18H24N2O4. The number of nitrogens with zero attached hydrogens (tertiary/aromatic N) is 1. The maximum Gasteiger partial charge on any atom is 0.246 e. The molecule has 1 aromatic rings. The Hall–Kier alpha value is -2.08. The molecule has 1 aromatic carbocycles. The van der Waals surface area contributed by atoms with Crippen molar-refractivity contribution in [2.75, 3.05) is 0 Å². The van der Waals surface area contributed by atoms with Gasteiger partial charge in [0, 0.05) is 11.6 Å². The Balaban J connectivity index is 1.77. The first-order valence-corrected chi connectivity index (χ1v) is 8.18. The zero-order valence-corrected chi connectivity index (χ0v) is 14.2. The Morgan fingerprint density at radius 1 is 1.29 bits per heavy atom. The monoisotopic (exact) mass is 332 g/mol. The van der Waals surface area contributed by atoms with Crippen LogP contribution in [0.25, 0.3) is 0 Å². The summed E-state index contributed by atoms with van der Waals surface area (Å²) in [6, 6.07) is 4.15. The van der Waals surface area contributed by atoms with Gasteiger partial charge in [-0.2, -0.15) is 5.10 Å². The van der Waals surface area contributed by atoms with Crippen molar-refractivity contribution >= 4 is 12.1 Å². The molecule has 24 heavy (non-hydrogen) atoms. The molecule has 2 aliphatic rings. The number of aromatic hydroxyl groups is 2. The van der Waals surface area contributed by atoms with E-state index >= 15 is 0 Å². The zero-order chi connectivity index (χ0) is 17.8. The van der Waals surface area contributed by atoms with Crippen LogP contribution in [0.5, 0.6) is 11.5 Å². The maximum atomic E-state index is 12.8. The van der Waals surface area contributed by atoms with Gasteiger partial charge in [0.25, 0.3) is 0 Å². The van der Waals surface area contributed by atoms with Crippen LogP contribution in [0.3, 0.4) is 0 Å². The lowest BCUT2D eigenvalue weighted by Gasteiger charge is -2.39.